The Morgan fingerprint density at radius 1 is 1.00 bits per heavy atom. The molecule has 0 bridgehead atoms. The second kappa shape index (κ2) is 8.79. The highest BCUT2D eigenvalue weighted by molar-refractivity contribution is 5.94. The van der Waals surface area contributed by atoms with Crippen molar-refractivity contribution in [1.82, 2.24) is 19.7 Å². The van der Waals surface area contributed by atoms with Crippen molar-refractivity contribution >= 4 is 11.7 Å². The fourth-order valence-electron chi connectivity index (χ4n) is 3.61. The molecule has 0 N–H and O–H groups in total. The quantitative estimate of drug-likeness (QED) is 0.635. The van der Waals surface area contributed by atoms with Gasteiger partial charge in [-0.05, 0) is 42.3 Å². The lowest BCUT2D eigenvalue weighted by Crippen LogP contribution is -2.35. The standard InChI is InChI=1S/C22H22F3N5O/c23-22(24,25)19-7-8-20(26-15-19)28-10-2-11-29(14-13-28)21(31)18-5-3-17(4-6-18)16-30-12-1-9-27-30/h1,3-9,12,15H,2,10-11,13-14,16H2. The van der Waals surface area contributed by atoms with Crippen molar-refractivity contribution in [3.8, 4) is 0 Å². The molecule has 1 saturated heterocycles. The van der Waals surface area contributed by atoms with Crippen LogP contribution in [-0.2, 0) is 12.7 Å². The van der Waals surface area contributed by atoms with E-state index in [0.717, 1.165) is 17.8 Å². The second-order valence-corrected chi connectivity index (χ2v) is 7.44. The minimum absolute atomic E-state index is 0.0483. The van der Waals surface area contributed by atoms with Crippen molar-refractivity contribution in [2.75, 3.05) is 31.1 Å². The highest BCUT2D eigenvalue weighted by atomic mass is 19.4. The maximum atomic E-state index is 12.9. The molecule has 0 spiro atoms. The van der Waals surface area contributed by atoms with Crippen molar-refractivity contribution in [1.29, 1.82) is 0 Å². The predicted octanol–water partition coefficient (Wildman–Crippen LogP) is 3.70. The number of halogens is 3. The zero-order chi connectivity index (χ0) is 21.8. The summed E-state index contributed by atoms with van der Waals surface area (Å²) < 4.78 is 40.1. The average molecular weight is 429 g/mol. The molecule has 1 aromatic carbocycles. The smallest absolute Gasteiger partial charge is 0.355 e. The Hall–Kier alpha value is -3.36. The molecule has 1 amide bonds. The maximum Gasteiger partial charge on any atom is 0.417 e. The van der Waals surface area contributed by atoms with E-state index in [4.69, 9.17) is 0 Å². The summed E-state index contributed by atoms with van der Waals surface area (Å²) in [6.45, 7) is 2.86. The highest BCUT2D eigenvalue weighted by Crippen LogP contribution is 2.29. The molecule has 1 aliphatic rings. The van der Waals surface area contributed by atoms with Crippen LogP contribution in [0.3, 0.4) is 0 Å². The van der Waals surface area contributed by atoms with Crippen molar-refractivity contribution in [2.45, 2.75) is 19.1 Å². The Morgan fingerprint density at radius 2 is 1.81 bits per heavy atom. The number of alkyl halides is 3. The van der Waals surface area contributed by atoms with Crippen LogP contribution in [-0.4, -0.2) is 51.8 Å². The molecule has 9 heteroatoms. The van der Waals surface area contributed by atoms with Gasteiger partial charge in [0.2, 0.25) is 0 Å². The minimum Gasteiger partial charge on any atom is -0.355 e. The largest absolute Gasteiger partial charge is 0.417 e. The van der Waals surface area contributed by atoms with Gasteiger partial charge < -0.3 is 9.80 Å². The molecule has 0 aliphatic carbocycles. The predicted molar refractivity (Wildman–Crippen MR) is 110 cm³/mol. The SMILES string of the molecule is O=C(c1ccc(Cn2cccn2)cc1)N1CCCN(c2ccc(C(F)(F)F)cn2)CC1. The van der Waals surface area contributed by atoms with Crippen LogP contribution in [0, 0.1) is 0 Å². The van der Waals surface area contributed by atoms with Crippen molar-refractivity contribution in [3.05, 3.63) is 77.7 Å². The van der Waals surface area contributed by atoms with Gasteiger partial charge in [0.05, 0.1) is 12.1 Å². The van der Waals surface area contributed by atoms with Crippen molar-refractivity contribution in [2.24, 2.45) is 0 Å². The highest BCUT2D eigenvalue weighted by Gasteiger charge is 2.31. The van der Waals surface area contributed by atoms with Gasteiger partial charge in [0.15, 0.2) is 0 Å². The molecule has 6 nitrogen and oxygen atoms in total. The van der Waals surface area contributed by atoms with Gasteiger partial charge in [0.25, 0.3) is 5.91 Å². The summed E-state index contributed by atoms with van der Waals surface area (Å²) in [5.41, 5.74) is 0.903. The summed E-state index contributed by atoms with van der Waals surface area (Å²) in [6, 6.07) is 11.8. The van der Waals surface area contributed by atoms with Crippen molar-refractivity contribution in [3.63, 3.8) is 0 Å². The molecule has 3 heterocycles. The number of anilines is 1. The third-order valence-electron chi connectivity index (χ3n) is 5.29. The van der Waals surface area contributed by atoms with Crippen LogP contribution in [0.4, 0.5) is 19.0 Å². The summed E-state index contributed by atoms with van der Waals surface area (Å²) >= 11 is 0. The first-order valence-electron chi connectivity index (χ1n) is 10.0. The number of rotatable bonds is 4. The Labute approximate surface area is 177 Å². The van der Waals surface area contributed by atoms with Gasteiger partial charge in [-0.15, -0.1) is 0 Å². The Balaban J connectivity index is 1.37. The summed E-state index contributed by atoms with van der Waals surface area (Å²) in [5, 5.41) is 4.18. The van der Waals surface area contributed by atoms with Crippen molar-refractivity contribution < 1.29 is 18.0 Å². The number of carbonyl (C=O) groups excluding carboxylic acids is 1. The maximum absolute atomic E-state index is 12.9. The molecule has 4 rings (SSSR count). The van der Waals surface area contributed by atoms with E-state index in [1.54, 1.807) is 11.1 Å². The number of amides is 1. The summed E-state index contributed by atoms with van der Waals surface area (Å²) in [5.74, 6) is 0.443. The molecule has 0 saturated carbocycles. The second-order valence-electron chi connectivity index (χ2n) is 7.44. The summed E-state index contributed by atoms with van der Waals surface area (Å²) in [6.07, 6.45) is 0.773. The van der Waals surface area contributed by atoms with Crippen LogP contribution in [0.5, 0.6) is 0 Å². The zero-order valence-electron chi connectivity index (χ0n) is 16.8. The number of hydrogen-bond acceptors (Lipinski definition) is 4. The molecule has 162 valence electrons. The van der Waals surface area contributed by atoms with Crippen LogP contribution < -0.4 is 4.90 Å². The fraction of sp³-hybridized carbons (Fsp3) is 0.318. The topological polar surface area (TPSA) is 54.3 Å². The monoisotopic (exact) mass is 429 g/mol. The Morgan fingerprint density at radius 3 is 2.45 bits per heavy atom. The van der Waals surface area contributed by atoms with Gasteiger partial charge in [0.1, 0.15) is 5.82 Å². The van der Waals surface area contributed by atoms with Crippen LogP contribution in [0.2, 0.25) is 0 Å². The van der Waals surface area contributed by atoms with E-state index in [-0.39, 0.29) is 5.91 Å². The molecule has 1 aliphatic heterocycles. The number of benzene rings is 1. The first kappa shape index (κ1) is 20.9. The number of pyridine rings is 1. The molecule has 1 fully saturated rings. The molecule has 3 aromatic rings. The lowest BCUT2D eigenvalue weighted by atomic mass is 10.1. The van der Waals surface area contributed by atoms with E-state index in [1.165, 1.54) is 6.07 Å². The van der Waals surface area contributed by atoms with Crippen LogP contribution >= 0.6 is 0 Å². The van der Waals surface area contributed by atoms with E-state index < -0.39 is 11.7 Å². The van der Waals surface area contributed by atoms with E-state index in [9.17, 15) is 18.0 Å². The first-order valence-corrected chi connectivity index (χ1v) is 10.0. The first-order chi connectivity index (χ1) is 14.9. The normalized spacial score (nSPS) is 15.1. The molecule has 0 atom stereocenters. The van der Waals surface area contributed by atoms with E-state index in [2.05, 4.69) is 10.1 Å². The number of aromatic nitrogens is 3. The average Bonchev–Trinajstić information content (AvgIpc) is 3.15. The number of hydrogen-bond donors (Lipinski definition) is 0. The molecule has 0 unspecified atom stereocenters. The summed E-state index contributed by atoms with van der Waals surface area (Å²) in [4.78, 5) is 20.6. The van der Waals surface area contributed by atoms with E-state index >= 15 is 0 Å². The third kappa shape index (κ3) is 5.04. The molecular weight excluding hydrogens is 407 g/mol. The Kier molecular flexibility index (Phi) is 5.92. The van der Waals surface area contributed by atoms with Gasteiger partial charge in [-0.1, -0.05) is 12.1 Å². The van der Waals surface area contributed by atoms with Gasteiger partial charge in [-0.2, -0.15) is 18.3 Å². The minimum atomic E-state index is -4.40. The lowest BCUT2D eigenvalue weighted by Gasteiger charge is -2.23. The number of nitrogens with zero attached hydrogens (tertiary/aromatic N) is 5. The van der Waals surface area contributed by atoms with Crippen LogP contribution in [0.1, 0.15) is 27.9 Å². The lowest BCUT2D eigenvalue weighted by molar-refractivity contribution is -0.137. The zero-order valence-corrected chi connectivity index (χ0v) is 16.8. The summed E-state index contributed by atoms with van der Waals surface area (Å²) in [7, 11) is 0. The molecule has 31 heavy (non-hydrogen) atoms. The van der Waals surface area contributed by atoms with Gasteiger partial charge in [-0.3, -0.25) is 9.48 Å². The molecule has 2 aromatic heterocycles. The molecular formula is C22H22F3N5O. The van der Waals surface area contributed by atoms with Gasteiger partial charge in [0, 0.05) is 50.3 Å². The molecule has 0 radical (unpaired) electrons. The number of carbonyl (C=O) groups is 1. The van der Waals surface area contributed by atoms with E-state index in [1.807, 2.05) is 46.1 Å². The Bertz CT molecular complexity index is 1000. The third-order valence-corrected chi connectivity index (χ3v) is 5.29. The van der Waals surface area contributed by atoms with Crippen LogP contribution in [0.15, 0.2) is 61.1 Å². The van der Waals surface area contributed by atoms with Gasteiger partial charge in [-0.25, -0.2) is 4.98 Å². The fourth-order valence-corrected chi connectivity index (χ4v) is 3.61. The van der Waals surface area contributed by atoms with E-state index in [0.29, 0.717) is 50.5 Å². The van der Waals surface area contributed by atoms with Crippen LogP contribution in [0.25, 0.3) is 0 Å². The van der Waals surface area contributed by atoms with Gasteiger partial charge >= 0.3 is 6.18 Å².